The number of methoxy groups -OCH3 is 1. The van der Waals surface area contributed by atoms with Crippen LogP contribution in [0.25, 0.3) is 0 Å². The summed E-state index contributed by atoms with van der Waals surface area (Å²) in [7, 11) is 3.65. The molecule has 1 amide bonds. The third-order valence-electron chi connectivity index (χ3n) is 8.86. The summed E-state index contributed by atoms with van der Waals surface area (Å²) in [5, 5.41) is 12.2. The van der Waals surface area contributed by atoms with Gasteiger partial charge in [-0.2, -0.15) is 0 Å². The van der Waals surface area contributed by atoms with Gasteiger partial charge in [0.15, 0.2) is 0 Å². The maximum Gasteiger partial charge on any atom is 0.222 e. The Morgan fingerprint density at radius 1 is 1.16 bits per heavy atom. The first kappa shape index (κ1) is 27.4. The Bertz CT molecular complexity index is 1040. The van der Waals surface area contributed by atoms with Crippen LogP contribution in [0, 0.1) is 0 Å². The van der Waals surface area contributed by atoms with Gasteiger partial charge < -0.3 is 14.7 Å². The Kier molecular flexibility index (Phi) is 9.09. The molecule has 0 radical (unpaired) electrons. The van der Waals surface area contributed by atoms with Crippen molar-refractivity contribution < 1.29 is 14.6 Å². The molecule has 0 spiro atoms. The van der Waals surface area contributed by atoms with Crippen molar-refractivity contribution in [2.45, 2.75) is 74.8 Å². The molecule has 1 aliphatic heterocycles. The second-order valence-electron chi connectivity index (χ2n) is 11.1. The predicted molar refractivity (Wildman–Crippen MR) is 150 cm³/mol. The molecular weight excluding hydrogens is 460 g/mol. The topological polar surface area (TPSA) is 53.0 Å². The second-order valence-corrected chi connectivity index (χ2v) is 11.1. The molecule has 1 heterocycles. The minimum atomic E-state index is -0.849. The summed E-state index contributed by atoms with van der Waals surface area (Å²) in [5.74, 6) is 1.03. The monoisotopic (exact) mass is 504 g/mol. The number of aryl methyl sites for hydroxylation is 1. The Morgan fingerprint density at radius 3 is 2.73 bits per heavy atom. The van der Waals surface area contributed by atoms with Gasteiger partial charge >= 0.3 is 0 Å². The lowest BCUT2D eigenvalue weighted by atomic mass is 9.55. The first-order valence-corrected chi connectivity index (χ1v) is 13.9. The van der Waals surface area contributed by atoms with E-state index in [1.54, 1.807) is 7.11 Å². The average molecular weight is 505 g/mol. The number of ether oxygens (including phenoxy) is 1. The molecule has 0 aromatic heterocycles. The third-order valence-corrected chi connectivity index (χ3v) is 8.86. The van der Waals surface area contributed by atoms with E-state index < -0.39 is 11.0 Å². The molecule has 2 aromatic carbocycles. The smallest absolute Gasteiger partial charge is 0.222 e. The molecule has 5 nitrogen and oxygen atoms in total. The fourth-order valence-corrected chi connectivity index (χ4v) is 6.63. The molecule has 2 fully saturated rings. The van der Waals surface area contributed by atoms with Crippen molar-refractivity contribution in [2.24, 2.45) is 0 Å². The summed E-state index contributed by atoms with van der Waals surface area (Å²) in [6.07, 6.45) is 9.78. The highest BCUT2D eigenvalue weighted by molar-refractivity contribution is 5.76. The van der Waals surface area contributed by atoms with Crippen molar-refractivity contribution >= 4 is 5.91 Å². The van der Waals surface area contributed by atoms with E-state index in [1.807, 2.05) is 36.2 Å². The molecule has 1 saturated heterocycles. The number of amides is 1. The number of unbranched alkanes of at least 4 members (excludes halogenated alkanes) is 2. The van der Waals surface area contributed by atoms with Crippen LogP contribution in [0.5, 0.6) is 5.75 Å². The van der Waals surface area contributed by atoms with Crippen LogP contribution in [-0.4, -0.2) is 66.2 Å². The highest BCUT2D eigenvalue weighted by atomic mass is 16.5. The normalized spacial score (nSPS) is 25.8. The van der Waals surface area contributed by atoms with E-state index in [-0.39, 0.29) is 11.9 Å². The summed E-state index contributed by atoms with van der Waals surface area (Å²) in [6.45, 7) is 6.21. The van der Waals surface area contributed by atoms with Gasteiger partial charge in [0, 0.05) is 38.0 Å². The minimum Gasteiger partial charge on any atom is -0.497 e. The van der Waals surface area contributed by atoms with Gasteiger partial charge in [0.1, 0.15) is 5.75 Å². The van der Waals surface area contributed by atoms with E-state index in [0.29, 0.717) is 19.4 Å². The van der Waals surface area contributed by atoms with Crippen molar-refractivity contribution in [3.05, 3.63) is 78.4 Å². The van der Waals surface area contributed by atoms with E-state index in [0.717, 1.165) is 69.3 Å². The van der Waals surface area contributed by atoms with Gasteiger partial charge in [-0.25, -0.2) is 0 Å². The number of β-amino-alcohol motifs (C(OH)–C–C–N with tert-alkyl or cyclic N) is 1. The molecule has 0 unspecified atom stereocenters. The summed E-state index contributed by atoms with van der Waals surface area (Å²) in [5.41, 5.74) is 1.23. The summed E-state index contributed by atoms with van der Waals surface area (Å²) < 4.78 is 5.55. The zero-order valence-electron chi connectivity index (χ0n) is 22.7. The molecule has 1 aliphatic carbocycles. The van der Waals surface area contributed by atoms with Gasteiger partial charge in [-0.05, 0) is 74.8 Å². The van der Waals surface area contributed by atoms with E-state index in [1.165, 1.54) is 5.56 Å². The standard InChI is InChI=1S/C32H44N2O3/c1-4-21-34-22-20-31(27-15-11-16-29(23-27)37-3)24-28(18-19-32(31,36)25-34)33(2)30(35)17-10-6-9-14-26-12-7-5-8-13-26/h4-5,7-8,11-13,15-16,23,28,36H,1,6,9-10,14,17-22,24-25H2,2-3H3/t28-,31+,32+/m1/s1. The van der Waals surface area contributed by atoms with E-state index >= 15 is 0 Å². The lowest BCUT2D eigenvalue weighted by Gasteiger charge is -2.59. The Morgan fingerprint density at radius 2 is 1.97 bits per heavy atom. The van der Waals surface area contributed by atoms with Gasteiger partial charge in [-0.3, -0.25) is 9.69 Å². The van der Waals surface area contributed by atoms with Gasteiger partial charge in [0.25, 0.3) is 0 Å². The van der Waals surface area contributed by atoms with Gasteiger partial charge in [-0.1, -0.05) is 55.0 Å². The predicted octanol–water partition coefficient (Wildman–Crippen LogP) is 5.37. The van der Waals surface area contributed by atoms with E-state index in [4.69, 9.17) is 4.74 Å². The van der Waals surface area contributed by atoms with Crippen LogP contribution in [0.15, 0.2) is 67.3 Å². The number of aliphatic hydroxyl groups is 1. The van der Waals surface area contributed by atoms with Crippen molar-refractivity contribution in [3.8, 4) is 5.75 Å². The van der Waals surface area contributed by atoms with Crippen molar-refractivity contribution in [3.63, 3.8) is 0 Å². The number of carbonyl (C=O) groups is 1. The highest BCUT2D eigenvalue weighted by Crippen LogP contribution is 2.52. The van der Waals surface area contributed by atoms with E-state index in [9.17, 15) is 9.90 Å². The molecule has 2 aromatic rings. The van der Waals surface area contributed by atoms with Crippen LogP contribution in [0.2, 0.25) is 0 Å². The van der Waals surface area contributed by atoms with Crippen LogP contribution >= 0.6 is 0 Å². The number of likely N-dealkylation sites (tertiary alicyclic amines) is 1. The highest BCUT2D eigenvalue weighted by Gasteiger charge is 2.58. The first-order chi connectivity index (χ1) is 17.9. The molecule has 4 rings (SSSR count). The number of carbonyl (C=O) groups excluding carboxylic acids is 1. The molecule has 0 bridgehead atoms. The molecule has 1 saturated carbocycles. The Hall–Kier alpha value is -2.63. The van der Waals surface area contributed by atoms with Crippen molar-refractivity contribution in [1.82, 2.24) is 9.80 Å². The third kappa shape index (κ3) is 6.10. The van der Waals surface area contributed by atoms with Gasteiger partial charge in [0.2, 0.25) is 5.91 Å². The number of piperidine rings is 1. The van der Waals surface area contributed by atoms with Crippen LogP contribution in [-0.2, 0) is 16.6 Å². The maximum atomic E-state index is 13.2. The molecule has 2 aliphatic rings. The first-order valence-electron chi connectivity index (χ1n) is 13.9. The Labute approximate surface area is 223 Å². The number of hydrogen-bond donors (Lipinski definition) is 1. The quantitative estimate of drug-likeness (QED) is 0.330. The fourth-order valence-electron chi connectivity index (χ4n) is 6.63. The average Bonchev–Trinajstić information content (AvgIpc) is 2.92. The van der Waals surface area contributed by atoms with Gasteiger partial charge in [-0.15, -0.1) is 6.58 Å². The number of hydrogen-bond acceptors (Lipinski definition) is 4. The SMILES string of the molecule is C=CCN1CC[C@@]2(c3cccc(OC)c3)C[C@H](N(C)C(=O)CCCCCc3ccccc3)CC[C@]2(O)C1. The van der Waals surface area contributed by atoms with Crippen LogP contribution in [0.1, 0.15) is 62.5 Å². The molecular formula is C32H44N2O3. The molecule has 1 N–H and O–H groups in total. The number of fused-ring (bicyclic) bond motifs is 1. The van der Waals surface area contributed by atoms with Crippen LogP contribution in [0.4, 0.5) is 0 Å². The summed E-state index contributed by atoms with van der Waals surface area (Å²) >= 11 is 0. The molecule has 37 heavy (non-hydrogen) atoms. The number of nitrogens with zero attached hydrogens (tertiary/aromatic N) is 2. The van der Waals surface area contributed by atoms with Crippen LogP contribution in [0.3, 0.4) is 0 Å². The number of rotatable bonds is 11. The number of benzene rings is 2. The van der Waals surface area contributed by atoms with Crippen molar-refractivity contribution in [1.29, 1.82) is 0 Å². The van der Waals surface area contributed by atoms with Crippen molar-refractivity contribution in [2.75, 3.05) is 33.8 Å². The molecule has 5 heteroatoms. The lowest BCUT2D eigenvalue weighted by molar-refractivity contribution is -0.147. The second kappa shape index (κ2) is 12.3. The fraction of sp³-hybridized carbons (Fsp3) is 0.531. The van der Waals surface area contributed by atoms with Crippen LogP contribution < -0.4 is 4.74 Å². The maximum absolute atomic E-state index is 13.2. The lowest BCUT2D eigenvalue weighted by Crippen LogP contribution is -2.67. The zero-order chi connectivity index (χ0) is 26.3. The zero-order valence-corrected chi connectivity index (χ0v) is 22.7. The largest absolute Gasteiger partial charge is 0.497 e. The molecule has 3 atom stereocenters. The van der Waals surface area contributed by atoms with E-state index in [2.05, 4.69) is 47.9 Å². The minimum absolute atomic E-state index is 0.120. The Balaban J connectivity index is 1.42. The molecule has 200 valence electrons. The van der Waals surface area contributed by atoms with Gasteiger partial charge in [0.05, 0.1) is 12.7 Å². The summed E-state index contributed by atoms with van der Waals surface area (Å²) in [4.78, 5) is 17.5. The summed E-state index contributed by atoms with van der Waals surface area (Å²) in [6, 6.07) is 18.9.